The molecule has 2 aromatic carbocycles. The first kappa shape index (κ1) is 18.9. The number of Topliss-reactive ketones (excluding diaryl/α,β-unsaturated/α-hetero) is 1. The van der Waals surface area contributed by atoms with E-state index >= 15 is 0 Å². The molecule has 4 rings (SSSR count). The molecule has 0 bridgehead atoms. The van der Waals surface area contributed by atoms with Crippen LogP contribution in [0.2, 0.25) is 0 Å². The van der Waals surface area contributed by atoms with Crippen LogP contribution in [0, 0.1) is 6.92 Å². The van der Waals surface area contributed by atoms with Gasteiger partial charge in [-0.15, -0.1) is 0 Å². The average molecular weight is 411 g/mol. The average Bonchev–Trinajstić information content (AvgIpc) is 3.17. The van der Waals surface area contributed by atoms with Gasteiger partial charge in [0.1, 0.15) is 12.4 Å². The molecule has 29 heavy (non-hydrogen) atoms. The molecule has 0 atom stereocenters. The summed E-state index contributed by atoms with van der Waals surface area (Å²) >= 11 is 0. The Morgan fingerprint density at radius 1 is 1.07 bits per heavy atom. The normalized spacial score (nSPS) is 15.8. The van der Waals surface area contributed by atoms with Crippen LogP contribution in [0.5, 0.6) is 0 Å². The van der Waals surface area contributed by atoms with Crippen LogP contribution in [0.15, 0.2) is 58.4 Å². The lowest BCUT2D eigenvalue weighted by atomic mass is 10.1. The molecule has 0 spiro atoms. The van der Waals surface area contributed by atoms with Crippen LogP contribution in [0.4, 0.5) is 0 Å². The third-order valence-corrected chi connectivity index (χ3v) is 5.96. The van der Waals surface area contributed by atoms with E-state index in [0.29, 0.717) is 16.8 Å². The van der Waals surface area contributed by atoms with Crippen LogP contribution in [-0.4, -0.2) is 44.1 Å². The van der Waals surface area contributed by atoms with E-state index in [2.05, 4.69) is 14.7 Å². The molecule has 8 nitrogen and oxygen atoms in total. The number of carbonyl (C=O) groups excluding carboxylic acids is 2. The van der Waals surface area contributed by atoms with E-state index in [1.54, 1.807) is 25.1 Å². The van der Waals surface area contributed by atoms with Crippen molar-refractivity contribution in [3.63, 3.8) is 0 Å². The lowest BCUT2D eigenvalue weighted by Crippen LogP contribution is -2.24. The molecular formula is C20H17N3O5S. The maximum Gasteiger partial charge on any atom is 0.328 e. The minimum Gasteiger partial charge on any atom is -0.456 e. The van der Waals surface area contributed by atoms with Gasteiger partial charge in [-0.1, -0.05) is 30.3 Å². The van der Waals surface area contributed by atoms with Crippen molar-refractivity contribution >= 4 is 38.5 Å². The van der Waals surface area contributed by atoms with Crippen LogP contribution >= 0.6 is 0 Å². The number of para-hydroxylation sites is 1. The molecule has 0 fully saturated rings. The lowest BCUT2D eigenvalue weighted by Gasteiger charge is -2.04. The minimum atomic E-state index is -3.67. The number of fused-ring (bicyclic) bond motifs is 2. The molecule has 0 saturated heterocycles. The fourth-order valence-electron chi connectivity index (χ4n) is 3.29. The standard InChI is InChI=1S/C20H17N3O5S/c1-12-19(13-6-2-4-8-15(13)22-12)16(24)11-28-18(25)10-21-20-14-7-3-5-9-17(14)29(26,27)23-20/h2-9,22H,10-11H2,1H3,(H,21,23). The summed E-state index contributed by atoms with van der Waals surface area (Å²) in [6, 6.07) is 13.7. The number of benzene rings is 2. The Balaban J connectivity index is 1.43. The van der Waals surface area contributed by atoms with Crippen molar-refractivity contribution in [3.05, 3.63) is 65.4 Å². The Morgan fingerprint density at radius 3 is 2.62 bits per heavy atom. The van der Waals surface area contributed by atoms with Crippen LogP contribution < -0.4 is 4.72 Å². The number of aryl methyl sites for hydroxylation is 1. The molecule has 0 aliphatic carbocycles. The highest BCUT2D eigenvalue weighted by molar-refractivity contribution is 7.90. The molecule has 2 heterocycles. The van der Waals surface area contributed by atoms with Gasteiger partial charge in [-0.05, 0) is 25.1 Å². The number of amidine groups is 1. The predicted octanol–water partition coefficient (Wildman–Crippen LogP) is 1.94. The summed E-state index contributed by atoms with van der Waals surface area (Å²) in [7, 11) is -3.67. The summed E-state index contributed by atoms with van der Waals surface area (Å²) in [6.07, 6.45) is 0. The van der Waals surface area contributed by atoms with Gasteiger partial charge in [0.05, 0.1) is 4.90 Å². The minimum absolute atomic E-state index is 0.0800. The van der Waals surface area contributed by atoms with Crippen molar-refractivity contribution in [1.29, 1.82) is 0 Å². The number of hydrogen-bond acceptors (Lipinski definition) is 6. The molecule has 0 amide bonds. The summed E-state index contributed by atoms with van der Waals surface area (Å²) < 4.78 is 31.4. The smallest absolute Gasteiger partial charge is 0.328 e. The first-order chi connectivity index (χ1) is 13.9. The lowest BCUT2D eigenvalue weighted by molar-refractivity contribution is -0.140. The maximum atomic E-state index is 12.5. The zero-order valence-electron chi connectivity index (χ0n) is 15.4. The first-order valence-corrected chi connectivity index (χ1v) is 10.3. The number of ketones is 1. The Labute approximate surface area is 166 Å². The maximum absolute atomic E-state index is 12.5. The Morgan fingerprint density at radius 2 is 1.79 bits per heavy atom. The molecular weight excluding hydrogens is 394 g/mol. The number of H-pyrrole nitrogens is 1. The Hall–Kier alpha value is -3.46. The number of hydrogen-bond donors (Lipinski definition) is 2. The number of ether oxygens (including phenoxy) is 1. The molecule has 3 aromatic rings. The third kappa shape index (κ3) is 3.52. The number of esters is 1. The van der Waals surface area contributed by atoms with Crippen LogP contribution in [0.25, 0.3) is 10.9 Å². The number of aromatic nitrogens is 1. The largest absolute Gasteiger partial charge is 0.456 e. The summed E-state index contributed by atoms with van der Waals surface area (Å²) in [5.41, 5.74) is 2.41. The molecule has 1 aromatic heterocycles. The Bertz CT molecular complexity index is 1270. The molecule has 0 radical (unpaired) electrons. The molecule has 1 aliphatic heterocycles. The summed E-state index contributed by atoms with van der Waals surface area (Å²) in [5, 5.41) is 0.767. The van der Waals surface area contributed by atoms with Crippen molar-refractivity contribution in [2.75, 3.05) is 13.2 Å². The molecule has 2 N–H and O–H groups in total. The highest BCUT2D eigenvalue weighted by Crippen LogP contribution is 2.23. The van der Waals surface area contributed by atoms with E-state index in [9.17, 15) is 18.0 Å². The second-order valence-corrected chi connectivity index (χ2v) is 8.17. The summed E-state index contributed by atoms with van der Waals surface area (Å²) in [4.78, 5) is 31.8. The fourth-order valence-corrected chi connectivity index (χ4v) is 4.55. The zero-order chi connectivity index (χ0) is 20.6. The second kappa shape index (κ2) is 7.17. The highest BCUT2D eigenvalue weighted by Gasteiger charge is 2.30. The van der Waals surface area contributed by atoms with Gasteiger partial charge in [-0.25, -0.2) is 8.42 Å². The van der Waals surface area contributed by atoms with E-state index < -0.39 is 29.1 Å². The monoisotopic (exact) mass is 411 g/mol. The molecule has 0 saturated carbocycles. The zero-order valence-corrected chi connectivity index (χ0v) is 16.2. The van der Waals surface area contributed by atoms with Gasteiger partial charge in [0.2, 0.25) is 5.78 Å². The quantitative estimate of drug-likeness (QED) is 0.491. The highest BCUT2D eigenvalue weighted by atomic mass is 32.2. The fraction of sp³-hybridized carbons (Fsp3) is 0.150. The number of sulfonamides is 1. The van der Waals surface area contributed by atoms with Crippen molar-refractivity contribution in [2.24, 2.45) is 4.99 Å². The molecule has 1 aliphatic rings. The predicted molar refractivity (Wildman–Crippen MR) is 106 cm³/mol. The number of carbonyl (C=O) groups is 2. The van der Waals surface area contributed by atoms with Gasteiger partial charge >= 0.3 is 5.97 Å². The number of nitrogens with one attached hydrogen (secondary N) is 2. The topological polar surface area (TPSA) is 118 Å². The van der Waals surface area contributed by atoms with Gasteiger partial charge in [0.25, 0.3) is 10.0 Å². The van der Waals surface area contributed by atoms with Crippen molar-refractivity contribution < 1.29 is 22.7 Å². The van der Waals surface area contributed by atoms with Crippen molar-refractivity contribution in [2.45, 2.75) is 11.8 Å². The SMILES string of the molecule is Cc1[nH]c2ccccc2c1C(=O)COC(=O)CN=C1NS(=O)(=O)c2ccccc21. The van der Waals surface area contributed by atoms with E-state index in [1.165, 1.54) is 6.07 Å². The van der Waals surface area contributed by atoms with Crippen LogP contribution in [0.3, 0.4) is 0 Å². The van der Waals surface area contributed by atoms with Gasteiger partial charge in [-0.3, -0.25) is 19.3 Å². The van der Waals surface area contributed by atoms with Crippen LogP contribution in [-0.2, 0) is 19.6 Å². The summed E-state index contributed by atoms with van der Waals surface area (Å²) in [6.45, 7) is 0.950. The summed E-state index contributed by atoms with van der Waals surface area (Å²) in [5.74, 6) is -0.976. The van der Waals surface area contributed by atoms with Gasteiger partial charge in [0, 0.05) is 27.7 Å². The number of nitrogens with zero attached hydrogens (tertiary/aromatic N) is 1. The molecule has 148 valence electrons. The van der Waals surface area contributed by atoms with E-state index in [1.807, 2.05) is 24.3 Å². The number of rotatable bonds is 5. The van der Waals surface area contributed by atoms with Crippen molar-refractivity contribution in [3.8, 4) is 0 Å². The van der Waals surface area contributed by atoms with Crippen LogP contribution in [0.1, 0.15) is 21.6 Å². The number of aliphatic imine (C=N–C) groups is 1. The van der Waals surface area contributed by atoms with Crippen molar-refractivity contribution in [1.82, 2.24) is 9.71 Å². The van der Waals surface area contributed by atoms with Gasteiger partial charge < -0.3 is 9.72 Å². The Kier molecular flexibility index (Phi) is 4.67. The van der Waals surface area contributed by atoms with Gasteiger partial charge in [-0.2, -0.15) is 0 Å². The van der Waals surface area contributed by atoms with E-state index in [0.717, 1.165) is 10.9 Å². The number of aromatic amines is 1. The third-order valence-electron chi connectivity index (χ3n) is 4.57. The van der Waals surface area contributed by atoms with E-state index in [4.69, 9.17) is 4.74 Å². The van der Waals surface area contributed by atoms with Gasteiger partial charge in [0.15, 0.2) is 6.61 Å². The van der Waals surface area contributed by atoms with E-state index in [-0.39, 0.29) is 16.5 Å². The first-order valence-electron chi connectivity index (χ1n) is 8.79. The second-order valence-electron chi connectivity index (χ2n) is 6.52. The molecule has 0 unspecified atom stereocenters. The molecule has 9 heteroatoms.